The molecule has 2 aromatic carbocycles. The summed E-state index contributed by atoms with van der Waals surface area (Å²) in [7, 11) is 2.17. The van der Waals surface area contributed by atoms with E-state index in [4.69, 9.17) is 11.6 Å². The van der Waals surface area contributed by atoms with Gasteiger partial charge in [0, 0.05) is 23.3 Å². The highest BCUT2D eigenvalue weighted by molar-refractivity contribution is 6.30. The van der Waals surface area contributed by atoms with Crippen LogP contribution in [-0.4, -0.2) is 12.6 Å². The summed E-state index contributed by atoms with van der Waals surface area (Å²) in [6, 6.07) is 14.3. The first-order valence-corrected chi connectivity index (χ1v) is 9.37. The number of benzene rings is 2. The quantitative estimate of drug-likeness (QED) is 0.453. The fourth-order valence-electron chi connectivity index (χ4n) is 3.88. The molecule has 26 heavy (non-hydrogen) atoms. The topological polar surface area (TPSA) is 27.0 Å². The Labute approximate surface area is 161 Å². The Morgan fingerprint density at radius 1 is 1.31 bits per heavy atom. The van der Waals surface area contributed by atoms with Gasteiger partial charge in [0.2, 0.25) is 0 Å². The van der Waals surface area contributed by atoms with E-state index in [-0.39, 0.29) is 5.54 Å². The van der Waals surface area contributed by atoms with Crippen molar-refractivity contribution in [2.24, 2.45) is 0 Å². The molecule has 1 unspecified atom stereocenters. The second-order valence-electron chi connectivity index (χ2n) is 7.92. The monoisotopic (exact) mass is 364 g/mol. The smallest absolute Gasteiger partial charge is 0.0998 e. The second kappa shape index (κ2) is 6.82. The number of anilines is 1. The van der Waals surface area contributed by atoms with Crippen molar-refractivity contribution in [1.29, 1.82) is 5.26 Å². The molecule has 0 spiro atoms. The third kappa shape index (κ3) is 3.37. The molecule has 3 rings (SSSR count). The van der Waals surface area contributed by atoms with Crippen LogP contribution in [0.4, 0.5) is 5.69 Å². The minimum absolute atomic E-state index is 0.148. The van der Waals surface area contributed by atoms with Crippen LogP contribution in [0.3, 0.4) is 0 Å². The van der Waals surface area contributed by atoms with Crippen LogP contribution in [0.15, 0.2) is 36.4 Å². The maximum Gasteiger partial charge on any atom is 0.0998 e. The lowest BCUT2D eigenvalue weighted by Crippen LogP contribution is -2.45. The van der Waals surface area contributed by atoms with Gasteiger partial charge in [-0.05, 0) is 85.7 Å². The van der Waals surface area contributed by atoms with Crippen molar-refractivity contribution >= 4 is 28.9 Å². The van der Waals surface area contributed by atoms with Gasteiger partial charge in [-0.1, -0.05) is 30.7 Å². The number of hydrogen-bond donors (Lipinski definition) is 0. The molecule has 0 fully saturated rings. The summed E-state index contributed by atoms with van der Waals surface area (Å²) in [5, 5.41) is 10.3. The Bertz CT molecular complexity index is 918. The number of allylic oxidation sites excluding steroid dienone is 1. The lowest BCUT2D eigenvalue weighted by molar-refractivity contribution is 0.395. The van der Waals surface area contributed by atoms with E-state index in [2.05, 4.69) is 57.8 Å². The van der Waals surface area contributed by atoms with Gasteiger partial charge in [0.1, 0.15) is 0 Å². The lowest BCUT2D eigenvalue weighted by Gasteiger charge is -2.45. The molecule has 0 aromatic heterocycles. The van der Waals surface area contributed by atoms with Crippen LogP contribution in [0.25, 0.3) is 11.6 Å². The van der Waals surface area contributed by atoms with Gasteiger partial charge in [-0.2, -0.15) is 5.26 Å². The molecule has 0 aliphatic carbocycles. The number of hydrogen-bond acceptors (Lipinski definition) is 2. The maximum atomic E-state index is 9.65. The van der Waals surface area contributed by atoms with Crippen molar-refractivity contribution in [3.63, 3.8) is 0 Å². The maximum absolute atomic E-state index is 9.65. The van der Waals surface area contributed by atoms with E-state index in [0.29, 0.717) is 16.5 Å². The summed E-state index contributed by atoms with van der Waals surface area (Å²) in [6.07, 6.45) is 3.09. The van der Waals surface area contributed by atoms with Crippen molar-refractivity contribution in [2.45, 2.75) is 45.6 Å². The van der Waals surface area contributed by atoms with Crippen molar-refractivity contribution in [1.82, 2.24) is 0 Å². The van der Waals surface area contributed by atoms with Gasteiger partial charge in [-0.15, -0.1) is 0 Å². The molecule has 0 saturated carbocycles. The molecular formula is C23H25ClN2. The molecule has 0 N–H and O–H groups in total. The zero-order valence-electron chi connectivity index (χ0n) is 16.1. The van der Waals surface area contributed by atoms with E-state index in [1.165, 1.54) is 16.8 Å². The molecule has 1 atom stereocenters. The first-order valence-electron chi connectivity index (χ1n) is 8.99. The zero-order valence-corrected chi connectivity index (χ0v) is 16.9. The third-order valence-electron chi connectivity index (χ3n) is 5.58. The summed E-state index contributed by atoms with van der Waals surface area (Å²) < 4.78 is 0. The SMILES string of the molecule is Cc1cc2c(cc1/C=C(\C#N)c1cccc(Cl)c1)C(C)CC(C)(C)N2C. The second-order valence-corrected chi connectivity index (χ2v) is 8.36. The number of halogens is 1. The predicted octanol–water partition coefficient (Wildman–Crippen LogP) is 6.43. The highest BCUT2D eigenvalue weighted by Gasteiger charge is 2.34. The van der Waals surface area contributed by atoms with E-state index < -0.39 is 0 Å². The number of rotatable bonds is 2. The minimum Gasteiger partial charge on any atom is -0.369 e. The van der Waals surface area contributed by atoms with E-state index in [1.54, 1.807) is 0 Å². The first kappa shape index (κ1) is 18.5. The number of nitriles is 1. The van der Waals surface area contributed by atoms with Crippen LogP contribution >= 0.6 is 11.6 Å². The van der Waals surface area contributed by atoms with Crippen LogP contribution in [0.2, 0.25) is 5.02 Å². The van der Waals surface area contributed by atoms with Gasteiger partial charge in [0.15, 0.2) is 0 Å². The largest absolute Gasteiger partial charge is 0.369 e. The Morgan fingerprint density at radius 2 is 2.04 bits per heavy atom. The molecule has 1 heterocycles. The first-order chi connectivity index (χ1) is 12.2. The van der Waals surface area contributed by atoms with Crippen LogP contribution in [0, 0.1) is 18.3 Å². The zero-order chi connectivity index (χ0) is 19.1. The molecule has 134 valence electrons. The van der Waals surface area contributed by atoms with Crippen LogP contribution in [0.1, 0.15) is 55.4 Å². The normalized spacial score (nSPS) is 19.0. The summed E-state index contributed by atoms with van der Waals surface area (Å²) in [5.41, 5.74) is 6.55. The molecule has 0 bridgehead atoms. The Morgan fingerprint density at radius 3 is 2.69 bits per heavy atom. The summed E-state index contributed by atoms with van der Waals surface area (Å²) in [6.45, 7) is 8.99. The third-order valence-corrected chi connectivity index (χ3v) is 5.81. The predicted molar refractivity (Wildman–Crippen MR) is 112 cm³/mol. The van der Waals surface area contributed by atoms with E-state index >= 15 is 0 Å². The highest BCUT2D eigenvalue weighted by atomic mass is 35.5. The van der Waals surface area contributed by atoms with Crippen molar-refractivity contribution in [2.75, 3.05) is 11.9 Å². The lowest BCUT2D eigenvalue weighted by atomic mass is 9.79. The molecule has 3 heteroatoms. The molecule has 1 aliphatic rings. The average Bonchev–Trinajstić information content (AvgIpc) is 2.58. The van der Waals surface area contributed by atoms with Crippen LogP contribution in [0.5, 0.6) is 0 Å². The molecule has 2 aromatic rings. The van der Waals surface area contributed by atoms with Gasteiger partial charge < -0.3 is 4.90 Å². The standard InChI is InChI=1S/C23H25ClN2/c1-15-9-22-21(16(2)13-23(3,4)26(22)5)12-18(15)10-19(14-25)17-7-6-8-20(24)11-17/h6-12,16H,13H2,1-5H3/b19-10+. The molecule has 0 amide bonds. The molecule has 0 saturated heterocycles. The number of aryl methyl sites for hydroxylation is 1. The average molecular weight is 365 g/mol. The van der Waals surface area contributed by atoms with Crippen LogP contribution in [-0.2, 0) is 0 Å². The fourth-order valence-corrected chi connectivity index (χ4v) is 4.07. The number of nitrogens with zero attached hydrogens (tertiary/aromatic N) is 2. The highest BCUT2D eigenvalue weighted by Crippen LogP contribution is 2.43. The van der Waals surface area contributed by atoms with Gasteiger partial charge in [-0.25, -0.2) is 0 Å². The van der Waals surface area contributed by atoms with E-state index in [1.807, 2.05) is 30.3 Å². The van der Waals surface area contributed by atoms with E-state index in [0.717, 1.165) is 17.5 Å². The van der Waals surface area contributed by atoms with Gasteiger partial charge in [-0.3, -0.25) is 0 Å². The minimum atomic E-state index is 0.148. The molecule has 2 nitrogen and oxygen atoms in total. The van der Waals surface area contributed by atoms with Crippen LogP contribution < -0.4 is 4.90 Å². The van der Waals surface area contributed by atoms with Gasteiger partial charge in [0.25, 0.3) is 0 Å². The fraction of sp³-hybridized carbons (Fsp3) is 0.348. The van der Waals surface area contributed by atoms with Crippen molar-refractivity contribution in [3.05, 3.63) is 63.7 Å². The van der Waals surface area contributed by atoms with Crippen molar-refractivity contribution < 1.29 is 0 Å². The summed E-state index contributed by atoms with van der Waals surface area (Å²) in [5.74, 6) is 0.487. The number of fused-ring (bicyclic) bond motifs is 1. The van der Waals surface area contributed by atoms with Gasteiger partial charge >= 0.3 is 0 Å². The van der Waals surface area contributed by atoms with Gasteiger partial charge in [0.05, 0.1) is 11.6 Å². The summed E-state index contributed by atoms with van der Waals surface area (Å²) in [4.78, 5) is 2.38. The Hall–Kier alpha value is -2.24. The van der Waals surface area contributed by atoms with Crippen molar-refractivity contribution in [3.8, 4) is 6.07 Å². The van der Waals surface area contributed by atoms with E-state index in [9.17, 15) is 5.26 Å². The molecular weight excluding hydrogens is 340 g/mol. The Balaban J connectivity index is 2.10. The molecule has 1 aliphatic heterocycles. The molecule has 0 radical (unpaired) electrons. The summed E-state index contributed by atoms with van der Waals surface area (Å²) >= 11 is 6.09. The Kier molecular flexibility index (Phi) is 4.86.